The maximum atomic E-state index is 4.71. The molecule has 2 aromatic carbocycles. The molecule has 0 N–H and O–H groups in total. The number of benzene rings is 2. The number of rotatable bonds is 3. The Morgan fingerprint density at radius 1 is 1.00 bits per heavy atom. The molecule has 100 valence electrons. The van der Waals surface area contributed by atoms with E-state index in [9.17, 15) is 0 Å². The zero-order valence-electron chi connectivity index (χ0n) is 11.2. The van der Waals surface area contributed by atoms with Crippen molar-refractivity contribution in [2.75, 3.05) is 6.54 Å². The van der Waals surface area contributed by atoms with Crippen LogP contribution < -0.4 is 4.67 Å². The summed E-state index contributed by atoms with van der Waals surface area (Å²) in [7, 11) is 0. The van der Waals surface area contributed by atoms with Crippen LogP contribution >= 0.6 is 11.5 Å². The van der Waals surface area contributed by atoms with E-state index >= 15 is 0 Å². The highest BCUT2D eigenvalue weighted by Gasteiger charge is 2.08. The van der Waals surface area contributed by atoms with Crippen molar-refractivity contribution in [3.8, 4) is 16.9 Å². The lowest BCUT2D eigenvalue weighted by Crippen LogP contribution is -1.99. The number of aromatic nitrogens is 2. The molecule has 0 aliphatic carbocycles. The summed E-state index contributed by atoms with van der Waals surface area (Å²) in [5.41, 5.74) is 3.11. The molecule has 0 unspecified atom stereocenters. The normalized spacial score (nSPS) is 11.8. The van der Waals surface area contributed by atoms with Gasteiger partial charge in [-0.15, -0.1) is 0 Å². The van der Waals surface area contributed by atoms with Gasteiger partial charge in [0.2, 0.25) is 0 Å². The van der Waals surface area contributed by atoms with Crippen molar-refractivity contribution in [3.63, 3.8) is 0 Å². The van der Waals surface area contributed by atoms with E-state index < -0.39 is 0 Å². The molecule has 0 amide bonds. The monoisotopic (exact) mass is 281 g/mol. The van der Waals surface area contributed by atoms with Gasteiger partial charge in [0.1, 0.15) is 5.69 Å². The molecule has 3 nitrogen and oxygen atoms in total. The Hall–Kier alpha value is -2.20. The first-order chi connectivity index (χ1) is 9.88. The van der Waals surface area contributed by atoms with Crippen LogP contribution in [0.3, 0.4) is 0 Å². The van der Waals surface area contributed by atoms with Gasteiger partial charge in [0.15, 0.2) is 4.67 Å². The molecule has 0 aliphatic rings. The first-order valence-electron chi connectivity index (χ1n) is 6.60. The third-order valence-corrected chi connectivity index (χ3v) is 3.85. The molecular weight excluding hydrogens is 266 g/mol. The van der Waals surface area contributed by atoms with Gasteiger partial charge in [0.05, 0.1) is 5.69 Å². The van der Waals surface area contributed by atoms with E-state index in [-0.39, 0.29) is 0 Å². The van der Waals surface area contributed by atoms with Crippen LogP contribution in [0.1, 0.15) is 6.92 Å². The Kier molecular flexibility index (Phi) is 3.74. The van der Waals surface area contributed by atoms with Crippen LogP contribution in [0, 0.1) is 0 Å². The highest BCUT2D eigenvalue weighted by atomic mass is 32.1. The minimum absolute atomic E-state index is 0.761. The third-order valence-electron chi connectivity index (χ3n) is 2.89. The van der Waals surface area contributed by atoms with Crippen LogP contribution in [0.4, 0.5) is 0 Å². The van der Waals surface area contributed by atoms with Gasteiger partial charge in [-0.3, -0.25) is 4.99 Å². The summed E-state index contributed by atoms with van der Waals surface area (Å²) >= 11 is 1.57. The lowest BCUT2D eigenvalue weighted by Gasteiger charge is -1.98. The molecule has 0 aliphatic heterocycles. The second-order valence-corrected chi connectivity index (χ2v) is 5.21. The molecule has 0 saturated heterocycles. The summed E-state index contributed by atoms with van der Waals surface area (Å²) in [5.74, 6) is 0. The molecule has 0 spiro atoms. The van der Waals surface area contributed by atoms with Crippen molar-refractivity contribution in [2.45, 2.75) is 6.92 Å². The largest absolute Gasteiger partial charge is 0.271 e. The molecule has 3 aromatic rings. The average molecular weight is 281 g/mol. The average Bonchev–Trinajstić information content (AvgIpc) is 2.94. The predicted octanol–water partition coefficient (Wildman–Crippen LogP) is 3.52. The lowest BCUT2D eigenvalue weighted by molar-refractivity contribution is 0.957. The molecule has 0 saturated carbocycles. The van der Waals surface area contributed by atoms with Gasteiger partial charge >= 0.3 is 0 Å². The highest BCUT2D eigenvalue weighted by molar-refractivity contribution is 7.04. The maximum absolute atomic E-state index is 4.71. The van der Waals surface area contributed by atoms with Crippen LogP contribution in [-0.2, 0) is 0 Å². The van der Waals surface area contributed by atoms with Crippen molar-refractivity contribution in [1.82, 2.24) is 9.17 Å². The second-order valence-electron chi connectivity index (χ2n) is 4.29. The summed E-state index contributed by atoms with van der Waals surface area (Å²) in [6.45, 7) is 2.80. The number of hydrogen-bond donors (Lipinski definition) is 0. The minimum atomic E-state index is 0.761. The van der Waals surface area contributed by atoms with Crippen LogP contribution in [0.25, 0.3) is 16.9 Å². The zero-order chi connectivity index (χ0) is 13.8. The summed E-state index contributed by atoms with van der Waals surface area (Å²) < 4.78 is 2.90. The SMILES string of the molecule is CCN=c1sn(-c2ccccc2)nc1-c1ccccc1. The van der Waals surface area contributed by atoms with Gasteiger partial charge in [0.25, 0.3) is 0 Å². The van der Waals surface area contributed by atoms with E-state index in [0.717, 1.165) is 28.2 Å². The fourth-order valence-electron chi connectivity index (χ4n) is 1.97. The first kappa shape index (κ1) is 12.8. The van der Waals surface area contributed by atoms with Crippen molar-refractivity contribution in [3.05, 3.63) is 65.3 Å². The van der Waals surface area contributed by atoms with E-state index in [1.54, 1.807) is 11.5 Å². The summed E-state index contributed by atoms with van der Waals surface area (Å²) in [6.07, 6.45) is 0. The molecule has 4 heteroatoms. The van der Waals surface area contributed by atoms with E-state index in [1.165, 1.54) is 0 Å². The van der Waals surface area contributed by atoms with Crippen LogP contribution in [0.5, 0.6) is 0 Å². The summed E-state index contributed by atoms with van der Waals surface area (Å²) in [5, 5.41) is 4.71. The minimum Gasteiger partial charge on any atom is -0.271 e. The van der Waals surface area contributed by atoms with Gasteiger partial charge in [0, 0.05) is 12.1 Å². The molecule has 0 fully saturated rings. The number of para-hydroxylation sites is 1. The molecule has 1 aromatic heterocycles. The van der Waals surface area contributed by atoms with Crippen LogP contribution in [0.2, 0.25) is 0 Å². The highest BCUT2D eigenvalue weighted by Crippen LogP contribution is 2.16. The summed E-state index contributed by atoms with van der Waals surface area (Å²) in [6, 6.07) is 20.3. The zero-order valence-corrected chi connectivity index (χ0v) is 12.0. The molecule has 0 atom stereocenters. The molecule has 0 radical (unpaired) electrons. The van der Waals surface area contributed by atoms with Crippen LogP contribution in [0.15, 0.2) is 65.7 Å². The van der Waals surface area contributed by atoms with Gasteiger partial charge in [-0.25, -0.2) is 0 Å². The molecule has 0 bridgehead atoms. The van der Waals surface area contributed by atoms with Gasteiger partial charge in [-0.2, -0.15) is 9.17 Å². The quantitative estimate of drug-likeness (QED) is 0.722. The second kappa shape index (κ2) is 5.84. The Balaban J connectivity index is 2.16. The number of nitrogens with zero attached hydrogens (tertiary/aromatic N) is 3. The fourth-order valence-corrected chi connectivity index (χ4v) is 2.92. The molecule has 3 rings (SSSR count). The van der Waals surface area contributed by atoms with Gasteiger partial charge in [-0.05, 0) is 30.6 Å². The molecule has 20 heavy (non-hydrogen) atoms. The van der Waals surface area contributed by atoms with Crippen molar-refractivity contribution < 1.29 is 0 Å². The topological polar surface area (TPSA) is 30.2 Å². The Morgan fingerprint density at radius 3 is 2.30 bits per heavy atom. The van der Waals surface area contributed by atoms with Gasteiger partial charge in [-0.1, -0.05) is 48.5 Å². The summed E-state index contributed by atoms with van der Waals surface area (Å²) in [4.78, 5) is 4.56. The smallest absolute Gasteiger partial charge is 0.157 e. The third kappa shape index (κ3) is 2.56. The molecular formula is C16H15N3S. The van der Waals surface area contributed by atoms with E-state index in [0.29, 0.717) is 0 Å². The molecule has 1 heterocycles. The van der Waals surface area contributed by atoms with E-state index in [1.807, 2.05) is 59.5 Å². The number of hydrogen-bond acceptors (Lipinski definition) is 3. The van der Waals surface area contributed by atoms with Crippen molar-refractivity contribution in [2.24, 2.45) is 4.99 Å². The predicted molar refractivity (Wildman–Crippen MR) is 83.0 cm³/mol. The van der Waals surface area contributed by atoms with Gasteiger partial charge < -0.3 is 0 Å². The Morgan fingerprint density at radius 2 is 1.65 bits per heavy atom. The first-order valence-corrected chi connectivity index (χ1v) is 7.38. The van der Waals surface area contributed by atoms with E-state index in [2.05, 4.69) is 17.1 Å². The maximum Gasteiger partial charge on any atom is 0.157 e. The Labute approximate surface area is 122 Å². The van der Waals surface area contributed by atoms with Crippen molar-refractivity contribution in [1.29, 1.82) is 0 Å². The van der Waals surface area contributed by atoms with Crippen LogP contribution in [-0.4, -0.2) is 15.7 Å². The van der Waals surface area contributed by atoms with E-state index in [4.69, 9.17) is 5.10 Å². The Bertz CT molecular complexity index is 742. The lowest BCUT2D eigenvalue weighted by atomic mass is 10.2. The van der Waals surface area contributed by atoms with Crippen molar-refractivity contribution >= 4 is 11.5 Å². The fraction of sp³-hybridized carbons (Fsp3) is 0.125. The standard InChI is InChI=1S/C16H15N3S/c1-2-17-16-15(13-9-5-3-6-10-13)18-19(20-16)14-11-7-4-8-12-14/h3-12H,2H2,1H3.